The number of aromatic nitrogens is 2. The van der Waals surface area contributed by atoms with Crippen molar-refractivity contribution in [1.82, 2.24) is 30.2 Å². The highest BCUT2D eigenvalue weighted by molar-refractivity contribution is 6.23. The van der Waals surface area contributed by atoms with Crippen molar-refractivity contribution in [2.75, 3.05) is 57.3 Å². The number of halogens is 1. The lowest BCUT2D eigenvalue weighted by Crippen LogP contribution is -2.54. The summed E-state index contributed by atoms with van der Waals surface area (Å²) in [5.41, 5.74) is 0.703. The topological polar surface area (TPSA) is 156 Å². The summed E-state index contributed by atoms with van der Waals surface area (Å²) in [7, 11) is 0. The number of carboxylic acid groups (broad SMARTS) is 1. The maximum absolute atomic E-state index is 15.3. The first-order valence-electron chi connectivity index (χ1n) is 15.7. The van der Waals surface area contributed by atoms with Crippen LogP contribution in [-0.2, 0) is 15.0 Å². The quantitative estimate of drug-likeness (QED) is 0.406. The van der Waals surface area contributed by atoms with Crippen molar-refractivity contribution in [3.63, 3.8) is 0 Å². The highest BCUT2D eigenvalue weighted by Crippen LogP contribution is 2.33. The van der Waals surface area contributed by atoms with E-state index in [4.69, 9.17) is 5.11 Å². The monoisotopic (exact) mass is 635 g/mol. The molecule has 4 amide bonds. The largest absolute Gasteiger partial charge is 0.476 e. The van der Waals surface area contributed by atoms with E-state index in [0.717, 1.165) is 68.8 Å². The molecule has 0 spiro atoms. The molecular weight excluding hydrogens is 597 g/mol. The van der Waals surface area contributed by atoms with Gasteiger partial charge < -0.3 is 14.9 Å². The molecular formula is C32H38FN7O6. The predicted octanol–water partition coefficient (Wildman–Crippen LogP) is 1.53. The number of anilines is 1. The van der Waals surface area contributed by atoms with Gasteiger partial charge in [0.2, 0.25) is 11.8 Å². The van der Waals surface area contributed by atoms with E-state index in [0.29, 0.717) is 19.0 Å². The van der Waals surface area contributed by atoms with Gasteiger partial charge in [-0.05, 0) is 62.5 Å². The fourth-order valence-electron chi connectivity index (χ4n) is 7.03. The number of aromatic carboxylic acids is 1. The van der Waals surface area contributed by atoms with Crippen LogP contribution >= 0.6 is 0 Å². The molecule has 3 saturated heterocycles. The minimum Gasteiger partial charge on any atom is -0.476 e. The molecule has 5 heterocycles. The van der Waals surface area contributed by atoms with Crippen LogP contribution in [0, 0.1) is 11.7 Å². The SMILES string of the molecule is CC(C)(CN1CCC(CN2CCN(c3cc4c(cc3F)C(=O)N([C@H]3CCC(=O)NC3=O)C4=O)CC2)CC1)c1ccc(C(=O)O)nn1. The molecule has 2 aromatic rings. The maximum Gasteiger partial charge on any atom is 0.356 e. The van der Waals surface area contributed by atoms with Gasteiger partial charge in [0, 0.05) is 51.1 Å². The van der Waals surface area contributed by atoms with Gasteiger partial charge in [-0.15, -0.1) is 5.10 Å². The number of benzene rings is 1. The predicted molar refractivity (Wildman–Crippen MR) is 163 cm³/mol. The fourth-order valence-corrected chi connectivity index (χ4v) is 7.03. The summed E-state index contributed by atoms with van der Waals surface area (Å²) in [4.78, 5) is 68.8. The van der Waals surface area contributed by atoms with E-state index in [2.05, 4.69) is 39.2 Å². The molecule has 1 aromatic heterocycles. The molecule has 4 aliphatic heterocycles. The number of fused-ring (bicyclic) bond motifs is 1. The Bertz CT molecular complexity index is 1570. The van der Waals surface area contributed by atoms with E-state index in [9.17, 15) is 24.0 Å². The Morgan fingerprint density at radius 3 is 2.22 bits per heavy atom. The lowest BCUT2D eigenvalue weighted by Gasteiger charge is -2.41. The molecule has 13 nitrogen and oxygen atoms in total. The highest BCUT2D eigenvalue weighted by Gasteiger charge is 2.45. The summed E-state index contributed by atoms with van der Waals surface area (Å²) in [6.45, 7) is 10.5. The molecule has 244 valence electrons. The molecule has 0 bridgehead atoms. The standard InChI is InChI=1S/C32H38FN7O6/c1-32(2,26-5-3-23(31(45)46)35-36-26)18-38-9-7-19(8-10-38)17-37-11-13-39(14-12-37)25-16-21-20(15-22(25)33)29(43)40(30(21)44)24-4-6-27(41)34-28(24)42/h3,5,15-16,19,24H,4,6-14,17-18H2,1-2H3,(H,45,46)(H,34,41,42)/t24-/m0/s1. The van der Waals surface area contributed by atoms with Crippen molar-refractivity contribution in [2.45, 2.75) is 51.0 Å². The fraction of sp³-hybridized carbons (Fsp3) is 0.531. The molecule has 14 heteroatoms. The molecule has 0 radical (unpaired) electrons. The van der Waals surface area contributed by atoms with Crippen molar-refractivity contribution in [1.29, 1.82) is 0 Å². The molecule has 1 aromatic carbocycles. The van der Waals surface area contributed by atoms with Crippen LogP contribution in [0.4, 0.5) is 10.1 Å². The number of rotatable bonds is 8. The minimum absolute atomic E-state index is 0.0209. The summed E-state index contributed by atoms with van der Waals surface area (Å²) >= 11 is 0. The zero-order valence-electron chi connectivity index (χ0n) is 26.0. The molecule has 1 atom stereocenters. The van der Waals surface area contributed by atoms with Gasteiger partial charge in [-0.25, -0.2) is 9.18 Å². The van der Waals surface area contributed by atoms with E-state index in [1.165, 1.54) is 12.1 Å². The number of nitrogens with zero attached hydrogens (tertiary/aromatic N) is 6. The number of piperidine rings is 2. The van der Waals surface area contributed by atoms with Crippen LogP contribution in [0.1, 0.15) is 76.4 Å². The Hall–Kier alpha value is -4.30. The van der Waals surface area contributed by atoms with Gasteiger partial charge in [0.05, 0.1) is 22.5 Å². The zero-order chi connectivity index (χ0) is 32.7. The second kappa shape index (κ2) is 12.5. The van der Waals surface area contributed by atoms with Crippen molar-refractivity contribution in [3.05, 3.63) is 52.6 Å². The van der Waals surface area contributed by atoms with Crippen LogP contribution in [-0.4, -0.2) is 118 Å². The molecule has 46 heavy (non-hydrogen) atoms. The number of piperazine rings is 1. The van der Waals surface area contributed by atoms with Crippen LogP contribution in [0.2, 0.25) is 0 Å². The third-order valence-electron chi connectivity index (χ3n) is 9.64. The van der Waals surface area contributed by atoms with Gasteiger partial charge in [-0.3, -0.25) is 34.3 Å². The lowest BCUT2D eigenvalue weighted by atomic mass is 9.86. The maximum atomic E-state index is 15.3. The first-order chi connectivity index (χ1) is 21.9. The van der Waals surface area contributed by atoms with E-state index < -0.39 is 41.5 Å². The Labute approximate surface area is 265 Å². The van der Waals surface area contributed by atoms with E-state index in [-0.39, 0.29) is 40.8 Å². The van der Waals surface area contributed by atoms with Crippen LogP contribution in [0.3, 0.4) is 0 Å². The van der Waals surface area contributed by atoms with Crippen molar-refractivity contribution in [2.24, 2.45) is 5.92 Å². The number of hydrogen-bond donors (Lipinski definition) is 2. The summed E-state index contributed by atoms with van der Waals surface area (Å²) in [5.74, 6) is -3.65. The van der Waals surface area contributed by atoms with Crippen molar-refractivity contribution in [3.8, 4) is 0 Å². The van der Waals surface area contributed by atoms with Gasteiger partial charge in [0.1, 0.15) is 11.9 Å². The number of nitrogens with one attached hydrogen (secondary N) is 1. The van der Waals surface area contributed by atoms with Crippen LogP contribution in [0.15, 0.2) is 24.3 Å². The minimum atomic E-state index is -1.09. The highest BCUT2D eigenvalue weighted by atomic mass is 19.1. The third kappa shape index (κ3) is 6.23. The number of hydrogen-bond acceptors (Lipinski definition) is 10. The van der Waals surface area contributed by atoms with Gasteiger partial charge in [-0.1, -0.05) is 13.8 Å². The first-order valence-corrected chi connectivity index (χ1v) is 15.7. The molecule has 0 aliphatic carbocycles. The van der Waals surface area contributed by atoms with E-state index in [1.807, 2.05) is 4.90 Å². The van der Waals surface area contributed by atoms with E-state index >= 15 is 4.39 Å². The summed E-state index contributed by atoms with van der Waals surface area (Å²) < 4.78 is 15.3. The van der Waals surface area contributed by atoms with Gasteiger partial charge in [0.15, 0.2) is 5.69 Å². The molecule has 4 aliphatic rings. The Balaban J connectivity index is 1.00. The summed E-state index contributed by atoms with van der Waals surface area (Å²) in [6, 6.07) is 4.66. The number of imide groups is 2. The van der Waals surface area contributed by atoms with Crippen LogP contribution in [0.25, 0.3) is 0 Å². The number of carboxylic acids is 1. The number of amides is 4. The number of carbonyl (C=O) groups is 5. The van der Waals surface area contributed by atoms with Gasteiger partial charge >= 0.3 is 5.97 Å². The molecule has 2 N–H and O–H groups in total. The van der Waals surface area contributed by atoms with Gasteiger partial charge in [-0.2, -0.15) is 5.10 Å². The molecule has 0 unspecified atom stereocenters. The zero-order valence-corrected chi connectivity index (χ0v) is 26.0. The first kappa shape index (κ1) is 31.7. The molecule has 0 saturated carbocycles. The van der Waals surface area contributed by atoms with Crippen molar-refractivity contribution < 1.29 is 33.5 Å². The van der Waals surface area contributed by atoms with E-state index in [1.54, 1.807) is 6.07 Å². The van der Waals surface area contributed by atoms with Gasteiger partial charge in [0.25, 0.3) is 11.8 Å². The second-order valence-electron chi connectivity index (χ2n) is 13.3. The van der Waals surface area contributed by atoms with Crippen LogP contribution < -0.4 is 10.2 Å². The number of carbonyl (C=O) groups excluding carboxylic acids is 4. The average molecular weight is 636 g/mol. The van der Waals surface area contributed by atoms with Crippen molar-refractivity contribution >= 4 is 35.3 Å². The van der Waals surface area contributed by atoms with Crippen LogP contribution in [0.5, 0.6) is 0 Å². The average Bonchev–Trinajstić information content (AvgIpc) is 3.26. The smallest absolute Gasteiger partial charge is 0.356 e. The third-order valence-corrected chi connectivity index (χ3v) is 9.64. The summed E-state index contributed by atoms with van der Waals surface area (Å²) in [5, 5.41) is 19.3. The second-order valence-corrected chi connectivity index (χ2v) is 13.3. The Kier molecular flexibility index (Phi) is 8.59. The lowest BCUT2D eigenvalue weighted by molar-refractivity contribution is -0.136. The Morgan fingerprint density at radius 1 is 0.935 bits per heavy atom. The molecule has 3 fully saturated rings. The summed E-state index contributed by atoms with van der Waals surface area (Å²) in [6.07, 6.45) is 2.18. The Morgan fingerprint density at radius 2 is 1.61 bits per heavy atom. The normalized spacial score (nSPS) is 21.9. The number of likely N-dealkylation sites (tertiary alicyclic amines) is 1. The molecule has 6 rings (SSSR count).